The van der Waals surface area contributed by atoms with Crippen molar-refractivity contribution in [2.45, 2.75) is 13.0 Å². The fourth-order valence-corrected chi connectivity index (χ4v) is 1.01. The summed E-state index contributed by atoms with van der Waals surface area (Å²) >= 11 is 0. The number of halogens is 3. The van der Waals surface area contributed by atoms with Crippen LogP contribution in [0.15, 0.2) is 6.20 Å². The van der Waals surface area contributed by atoms with Gasteiger partial charge in [0.2, 0.25) is 0 Å². The summed E-state index contributed by atoms with van der Waals surface area (Å²) in [6.45, 7) is -0.321. The van der Waals surface area contributed by atoms with Crippen LogP contribution in [0.4, 0.5) is 19.0 Å². The SMILES string of the molecule is NCc1c(F)cnc(N)c1C(F)F. The van der Waals surface area contributed by atoms with Gasteiger partial charge in [-0.25, -0.2) is 18.2 Å². The second kappa shape index (κ2) is 3.61. The van der Waals surface area contributed by atoms with E-state index in [-0.39, 0.29) is 17.9 Å². The number of alkyl halides is 2. The molecule has 3 nitrogen and oxygen atoms in total. The lowest BCUT2D eigenvalue weighted by Gasteiger charge is -2.09. The highest BCUT2D eigenvalue weighted by Gasteiger charge is 2.19. The molecule has 72 valence electrons. The number of nitrogens with two attached hydrogens (primary N) is 2. The molecule has 1 rings (SSSR count). The van der Waals surface area contributed by atoms with E-state index in [2.05, 4.69) is 4.98 Å². The number of anilines is 1. The number of aromatic nitrogens is 1. The Kier molecular flexibility index (Phi) is 2.72. The van der Waals surface area contributed by atoms with E-state index in [1.165, 1.54) is 0 Å². The average molecular weight is 191 g/mol. The topological polar surface area (TPSA) is 64.9 Å². The number of rotatable bonds is 2. The first-order chi connectivity index (χ1) is 6.07. The van der Waals surface area contributed by atoms with Gasteiger partial charge in [0, 0.05) is 12.1 Å². The number of nitrogens with zero attached hydrogens (tertiary/aromatic N) is 1. The van der Waals surface area contributed by atoms with Crippen LogP contribution in [0.1, 0.15) is 17.6 Å². The highest BCUT2D eigenvalue weighted by Crippen LogP contribution is 2.28. The third-order valence-corrected chi connectivity index (χ3v) is 1.63. The summed E-state index contributed by atoms with van der Waals surface area (Å²) < 4.78 is 37.5. The molecular weight excluding hydrogens is 183 g/mol. The van der Waals surface area contributed by atoms with Crippen LogP contribution >= 0.6 is 0 Å². The first-order valence-electron chi connectivity index (χ1n) is 3.49. The standard InChI is InChI=1S/C7H8F3N3/c8-4-2-13-7(12)5(6(9)10)3(4)1-11/h2,6H,1,11H2,(H2,12,13). The minimum atomic E-state index is -2.86. The van der Waals surface area contributed by atoms with Gasteiger partial charge < -0.3 is 11.5 Å². The van der Waals surface area contributed by atoms with E-state index in [9.17, 15) is 13.2 Å². The van der Waals surface area contributed by atoms with Crippen LogP contribution in [0.25, 0.3) is 0 Å². The van der Waals surface area contributed by atoms with Crippen molar-refractivity contribution in [3.63, 3.8) is 0 Å². The molecule has 0 bridgehead atoms. The summed E-state index contributed by atoms with van der Waals surface area (Å²) in [7, 11) is 0. The summed E-state index contributed by atoms with van der Waals surface area (Å²) in [4.78, 5) is 3.28. The molecule has 6 heteroatoms. The van der Waals surface area contributed by atoms with Crippen molar-refractivity contribution < 1.29 is 13.2 Å². The van der Waals surface area contributed by atoms with Crippen molar-refractivity contribution >= 4 is 5.82 Å². The molecule has 13 heavy (non-hydrogen) atoms. The van der Waals surface area contributed by atoms with E-state index in [1.807, 2.05) is 0 Å². The Hall–Kier alpha value is -1.30. The number of hydrogen-bond donors (Lipinski definition) is 2. The van der Waals surface area contributed by atoms with Gasteiger partial charge in [0.05, 0.1) is 11.8 Å². The van der Waals surface area contributed by atoms with Gasteiger partial charge in [0.15, 0.2) is 0 Å². The van der Waals surface area contributed by atoms with Gasteiger partial charge in [-0.2, -0.15) is 0 Å². The molecule has 0 saturated carbocycles. The van der Waals surface area contributed by atoms with Crippen molar-refractivity contribution in [2.24, 2.45) is 5.73 Å². The molecular formula is C7H8F3N3. The maximum absolute atomic E-state index is 12.9. The summed E-state index contributed by atoms with van der Waals surface area (Å²) in [6, 6.07) is 0. The van der Waals surface area contributed by atoms with E-state index in [0.29, 0.717) is 0 Å². The van der Waals surface area contributed by atoms with E-state index >= 15 is 0 Å². The monoisotopic (exact) mass is 191 g/mol. The summed E-state index contributed by atoms with van der Waals surface area (Å²) in [5.74, 6) is -1.23. The Morgan fingerprint density at radius 3 is 2.46 bits per heavy atom. The van der Waals surface area contributed by atoms with E-state index in [1.54, 1.807) is 0 Å². The van der Waals surface area contributed by atoms with Gasteiger partial charge in [0.25, 0.3) is 6.43 Å². The zero-order valence-corrected chi connectivity index (χ0v) is 6.60. The zero-order valence-electron chi connectivity index (χ0n) is 6.60. The van der Waals surface area contributed by atoms with Crippen LogP contribution in [0.3, 0.4) is 0 Å². The molecule has 4 N–H and O–H groups in total. The molecule has 1 heterocycles. The van der Waals surface area contributed by atoms with Gasteiger partial charge in [0.1, 0.15) is 11.6 Å². The predicted octanol–water partition coefficient (Wildman–Crippen LogP) is 1.20. The van der Waals surface area contributed by atoms with Crippen molar-refractivity contribution in [1.82, 2.24) is 4.98 Å². The van der Waals surface area contributed by atoms with Crippen molar-refractivity contribution in [3.05, 3.63) is 23.1 Å². The van der Waals surface area contributed by atoms with Crippen LogP contribution < -0.4 is 11.5 Å². The van der Waals surface area contributed by atoms with Crippen LogP contribution in [0.5, 0.6) is 0 Å². The largest absolute Gasteiger partial charge is 0.383 e. The van der Waals surface area contributed by atoms with Crippen molar-refractivity contribution in [3.8, 4) is 0 Å². The number of nitrogen functional groups attached to an aromatic ring is 1. The summed E-state index contributed by atoms with van der Waals surface area (Å²) in [6.07, 6.45) is -2.08. The molecule has 0 unspecified atom stereocenters. The summed E-state index contributed by atoms with van der Waals surface area (Å²) in [5.41, 5.74) is 9.37. The molecule has 1 aromatic heterocycles. The van der Waals surface area contributed by atoms with E-state index in [4.69, 9.17) is 11.5 Å². The van der Waals surface area contributed by atoms with Gasteiger partial charge in [-0.3, -0.25) is 0 Å². The van der Waals surface area contributed by atoms with Gasteiger partial charge in [-0.15, -0.1) is 0 Å². The average Bonchev–Trinajstić information content (AvgIpc) is 2.07. The first kappa shape index (κ1) is 9.79. The van der Waals surface area contributed by atoms with E-state index in [0.717, 1.165) is 6.20 Å². The second-order valence-electron chi connectivity index (χ2n) is 2.39. The van der Waals surface area contributed by atoms with Gasteiger partial charge in [-0.05, 0) is 0 Å². The molecule has 0 aliphatic rings. The lowest BCUT2D eigenvalue weighted by atomic mass is 10.1. The fourth-order valence-electron chi connectivity index (χ4n) is 1.01. The van der Waals surface area contributed by atoms with Gasteiger partial charge >= 0.3 is 0 Å². The third kappa shape index (κ3) is 1.72. The van der Waals surface area contributed by atoms with Crippen LogP contribution in [0, 0.1) is 5.82 Å². The Bertz CT molecular complexity index is 314. The Morgan fingerprint density at radius 1 is 1.46 bits per heavy atom. The van der Waals surface area contributed by atoms with Crippen LogP contribution in [0.2, 0.25) is 0 Å². The molecule has 0 atom stereocenters. The van der Waals surface area contributed by atoms with E-state index < -0.39 is 17.8 Å². The quantitative estimate of drug-likeness (QED) is 0.738. The minimum absolute atomic E-state index is 0.275. The molecule has 0 saturated heterocycles. The normalized spacial score (nSPS) is 10.8. The highest BCUT2D eigenvalue weighted by molar-refractivity contribution is 5.45. The maximum atomic E-state index is 12.9. The van der Waals surface area contributed by atoms with Crippen molar-refractivity contribution in [2.75, 3.05) is 5.73 Å². The lowest BCUT2D eigenvalue weighted by molar-refractivity contribution is 0.150. The molecule has 0 amide bonds. The lowest BCUT2D eigenvalue weighted by Crippen LogP contribution is -2.09. The Balaban J connectivity index is 3.35. The number of pyridine rings is 1. The maximum Gasteiger partial charge on any atom is 0.267 e. The highest BCUT2D eigenvalue weighted by atomic mass is 19.3. The molecule has 0 spiro atoms. The smallest absolute Gasteiger partial charge is 0.267 e. The molecule has 0 radical (unpaired) electrons. The zero-order chi connectivity index (χ0) is 10.0. The van der Waals surface area contributed by atoms with Gasteiger partial charge in [-0.1, -0.05) is 0 Å². The Labute approximate surface area is 72.6 Å². The Morgan fingerprint density at radius 2 is 2.08 bits per heavy atom. The van der Waals surface area contributed by atoms with Crippen LogP contribution in [-0.4, -0.2) is 4.98 Å². The fraction of sp³-hybridized carbons (Fsp3) is 0.286. The molecule has 0 aromatic carbocycles. The first-order valence-corrected chi connectivity index (χ1v) is 3.49. The second-order valence-corrected chi connectivity index (χ2v) is 2.39. The predicted molar refractivity (Wildman–Crippen MR) is 41.5 cm³/mol. The number of hydrogen-bond acceptors (Lipinski definition) is 3. The molecule has 1 aromatic rings. The molecule has 0 aliphatic heterocycles. The summed E-state index contributed by atoms with van der Waals surface area (Å²) in [5, 5.41) is 0. The third-order valence-electron chi connectivity index (χ3n) is 1.63. The van der Waals surface area contributed by atoms with Crippen LogP contribution in [-0.2, 0) is 6.54 Å². The van der Waals surface area contributed by atoms with Crippen molar-refractivity contribution in [1.29, 1.82) is 0 Å². The minimum Gasteiger partial charge on any atom is -0.383 e. The molecule has 0 aliphatic carbocycles. The molecule has 0 fully saturated rings.